The van der Waals surface area contributed by atoms with Crippen molar-refractivity contribution in [3.8, 4) is 11.1 Å². The van der Waals surface area contributed by atoms with Crippen LogP contribution in [-0.4, -0.2) is 42.5 Å². The first-order valence-corrected chi connectivity index (χ1v) is 12.5. The van der Waals surface area contributed by atoms with E-state index in [0.29, 0.717) is 18.7 Å². The third-order valence-corrected chi connectivity index (χ3v) is 8.29. The van der Waals surface area contributed by atoms with Gasteiger partial charge < -0.3 is 10.7 Å². The number of aromatic nitrogens is 1. The second-order valence-corrected chi connectivity index (χ2v) is 10.4. The number of nitrogens with two attached hydrogens (primary N) is 1. The van der Waals surface area contributed by atoms with E-state index >= 15 is 0 Å². The number of benzene rings is 2. The number of aryl methyl sites for hydroxylation is 1. The Kier molecular flexibility index (Phi) is 5.90. The van der Waals surface area contributed by atoms with Crippen LogP contribution in [0.15, 0.2) is 42.6 Å². The first kappa shape index (κ1) is 21.6. The largest absolute Gasteiger partial charge is 0.366 e. The third kappa shape index (κ3) is 4.12. The highest BCUT2D eigenvalue weighted by atomic mass is 32.2. The van der Waals surface area contributed by atoms with Crippen molar-refractivity contribution < 1.29 is 13.2 Å². The molecule has 0 bridgehead atoms. The molecule has 0 aliphatic carbocycles. The molecule has 1 aliphatic rings. The Hall–Kier alpha value is -2.64. The van der Waals surface area contributed by atoms with E-state index in [1.807, 2.05) is 24.4 Å². The molecule has 0 radical (unpaired) electrons. The van der Waals surface area contributed by atoms with Crippen LogP contribution in [0.1, 0.15) is 54.1 Å². The standard InChI is InChI=1S/C24H29N3O3S/c1-3-16-6-5-7-18(12-16)19-13-20-22(15-26-23(20)21(14-19)24(25)28)17-8-10-27(11-9-17)31(29,30)4-2/h5-7,12-15,17,26H,3-4,8-11H2,1-2H3,(H2,25,28). The summed E-state index contributed by atoms with van der Waals surface area (Å²) in [7, 11) is -3.16. The summed E-state index contributed by atoms with van der Waals surface area (Å²) in [5.41, 5.74) is 11.3. The summed E-state index contributed by atoms with van der Waals surface area (Å²) in [6.07, 6.45) is 4.41. The van der Waals surface area contributed by atoms with Gasteiger partial charge in [-0.1, -0.05) is 31.2 Å². The predicted octanol–water partition coefficient (Wildman–Crippen LogP) is 4.03. The van der Waals surface area contributed by atoms with E-state index in [-0.39, 0.29) is 11.7 Å². The molecule has 3 aromatic rings. The molecule has 6 nitrogen and oxygen atoms in total. The number of hydrogen-bond donors (Lipinski definition) is 2. The lowest BCUT2D eigenvalue weighted by atomic mass is 9.88. The van der Waals surface area contributed by atoms with Crippen molar-refractivity contribution in [2.45, 2.75) is 39.0 Å². The maximum atomic E-state index is 12.2. The first-order valence-electron chi connectivity index (χ1n) is 10.9. The van der Waals surface area contributed by atoms with Gasteiger partial charge in [0.1, 0.15) is 0 Å². The second-order valence-electron chi connectivity index (χ2n) is 8.18. The van der Waals surface area contributed by atoms with E-state index in [1.54, 1.807) is 11.2 Å². The molecule has 0 spiro atoms. The van der Waals surface area contributed by atoms with Crippen LogP contribution >= 0.6 is 0 Å². The molecule has 1 saturated heterocycles. The van der Waals surface area contributed by atoms with Crippen LogP contribution in [0.3, 0.4) is 0 Å². The van der Waals surface area contributed by atoms with Crippen molar-refractivity contribution in [1.82, 2.24) is 9.29 Å². The SMILES string of the molecule is CCc1cccc(-c2cc(C(N)=O)c3[nH]cc(C4CCN(S(=O)(=O)CC)CC4)c3c2)c1. The summed E-state index contributed by atoms with van der Waals surface area (Å²) < 4.78 is 26.0. The zero-order chi connectivity index (χ0) is 22.2. The molecule has 2 aromatic carbocycles. The van der Waals surface area contributed by atoms with E-state index in [4.69, 9.17) is 5.73 Å². The Morgan fingerprint density at radius 2 is 1.87 bits per heavy atom. The van der Waals surface area contributed by atoms with Crippen molar-refractivity contribution in [3.63, 3.8) is 0 Å². The number of fused-ring (bicyclic) bond motifs is 1. The van der Waals surface area contributed by atoms with Crippen LogP contribution in [-0.2, 0) is 16.4 Å². The number of nitrogens with one attached hydrogen (secondary N) is 1. The zero-order valence-electron chi connectivity index (χ0n) is 18.0. The van der Waals surface area contributed by atoms with Crippen LogP contribution in [0.25, 0.3) is 22.0 Å². The quantitative estimate of drug-likeness (QED) is 0.607. The Balaban J connectivity index is 1.74. The number of sulfonamides is 1. The summed E-state index contributed by atoms with van der Waals surface area (Å²) in [6, 6.07) is 12.3. The molecule has 1 amide bonds. The van der Waals surface area contributed by atoms with Gasteiger partial charge in [-0.3, -0.25) is 4.79 Å². The molecule has 7 heteroatoms. The van der Waals surface area contributed by atoms with E-state index in [2.05, 4.69) is 30.1 Å². The number of H-pyrrole nitrogens is 1. The van der Waals surface area contributed by atoms with Crippen LogP contribution < -0.4 is 5.73 Å². The minimum absolute atomic E-state index is 0.132. The molecule has 2 heterocycles. The van der Waals surface area contributed by atoms with Gasteiger partial charge in [0, 0.05) is 24.7 Å². The fourth-order valence-corrected chi connectivity index (χ4v) is 5.68. The van der Waals surface area contributed by atoms with Gasteiger partial charge in [0.15, 0.2) is 0 Å². The number of hydrogen-bond acceptors (Lipinski definition) is 3. The molecule has 3 N–H and O–H groups in total. The number of piperidine rings is 1. The van der Waals surface area contributed by atoms with Crippen LogP contribution in [0, 0.1) is 0 Å². The van der Waals surface area contributed by atoms with E-state index in [1.165, 1.54) is 5.56 Å². The number of amides is 1. The maximum Gasteiger partial charge on any atom is 0.250 e. The first-order chi connectivity index (χ1) is 14.8. The van der Waals surface area contributed by atoms with Gasteiger partial charge in [-0.15, -0.1) is 0 Å². The monoisotopic (exact) mass is 439 g/mol. The Morgan fingerprint density at radius 3 is 2.52 bits per heavy atom. The molecule has 164 valence electrons. The number of carbonyl (C=O) groups excluding carboxylic acids is 1. The molecular weight excluding hydrogens is 410 g/mol. The van der Waals surface area contributed by atoms with Crippen molar-refractivity contribution >= 4 is 26.8 Å². The summed E-state index contributed by atoms with van der Waals surface area (Å²) >= 11 is 0. The van der Waals surface area contributed by atoms with Crippen LogP contribution in [0.5, 0.6) is 0 Å². The molecule has 1 aromatic heterocycles. The number of primary amides is 1. The average Bonchev–Trinajstić information content (AvgIpc) is 3.22. The summed E-state index contributed by atoms with van der Waals surface area (Å²) in [4.78, 5) is 15.5. The lowest BCUT2D eigenvalue weighted by Crippen LogP contribution is -2.38. The molecule has 1 aliphatic heterocycles. The fraction of sp³-hybridized carbons (Fsp3) is 0.375. The summed E-state index contributed by atoms with van der Waals surface area (Å²) in [6.45, 7) is 4.84. The van der Waals surface area contributed by atoms with E-state index < -0.39 is 15.9 Å². The number of rotatable bonds is 6. The highest BCUT2D eigenvalue weighted by molar-refractivity contribution is 7.89. The van der Waals surface area contributed by atoms with Crippen LogP contribution in [0.4, 0.5) is 0 Å². The van der Waals surface area contributed by atoms with Crippen LogP contribution in [0.2, 0.25) is 0 Å². The summed E-state index contributed by atoms with van der Waals surface area (Å²) in [5.74, 6) is -0.0989. The van der Waals surface area contributed by atoms with Gasteiger partial charge in [0.2, 0.25) is 10.0 Å². The summed E-state index contributed by atoms with van der Waals surface area (Å²) in [5, 5.41) is 0.991. The minimum atomic E-state index is -3.16. The van der Waals surface area contributed by atoms with Crippen molar-refractivity contribution in [2.75, 3.05) is 18.8 Å². The molecule has 1 fully saturated rings. The highest BCUT2D eigenvalue weighted by Crippen LogP contribution is 2.37. The zero-order valence-corrected chi connectivity index (χ0v) is 18.8. The molecule has 4 rings (SSSR count). The fourth-order valence-electron chi connectivity index (χ4n) is 4.55. The number of aromatic amines is 1. The van der Waals surface area contributed by atoms with Gasteiger partial charge in [-0.2, -0.15) is 0 Å². The van der Waals surface area contributed by atoms with Crippen molar-refractivity contribution in [1.29, 1.82) is 0 Å². The molecule has 0 atom stereocenters. The minimum Gasteiger partial charge on any atom is -0.366 e. The van der Waals surface area contributed by atoms with Crippen molar-refractivity contribution in [3.05, 3.63) is 59.3 Å². The normalized spacial score (nSPS) is 16.1. The Morgan fingerprint density at radius 1 is 1.13 bits per heavy atom. The Labute approximate surface area is 183 Å². The molecule has 31 heavy (non-hydrogen) atoms. The van der Waals surface area contributed by atoms with Gasteiger partial charge in [-0.25, -0.2) is 12.7 Å². The van der Waals surface area contributed by atoms with Gasteiger partial charge in [0.05, 0.1) is 16.8 Å². The predicted molar refractivity (Wildman–Crippen MR) is 125 cm³/mol. The smallest absolute Gasteiger partial charge is 0.250 e. The second kappa shape index (κ2) is 8.48. The topological polar surface area (TPSA) is 96.3 Å². The maximum absolute atomic E-state index is 12.2. The lowest BCUT2D eigenvalue weighted by Gasteiger charge is -2.31. The lowest BCUT2D eigenvalue weighted by molar-refractivity contribution is 0.100. The third-order valence-electron chi connectivity index (χ3n) is 6.41. The van der Waals surface area contributed by atoms with Crippen molar-refractivity contribution in [2.24, 2.45) is 5.73 Å². The molecule has 0 saturated carbocycles. The Bertz CT molecular complexity index is 1220. The van der Waals surface area contributed by atoms with Gasteiger partial charge in [-0.05, 0) is 66.5 Å². The number of carbonyl (C=O) groups is 1. The number of nitrogens with zero attached hydrogens (tertiary/aromatic N) is 1. The van der Waals surface area contributed by atoms with E-state index in [9.17, 15) is 13.2 Å². The average molecular weight is 440 g/mol. The molecular formula is C24H29N3O3S. The van der Waals surface area contributed by atoms with Gasteiger partial charge >= 0.3 is 0 Å². The van der Waals surface area contributed by atoms with E-state index in [0.717, 1.165) is 46.9 Å². The van der Waals surface area contributed by atoms with Gasteiger partial charge in [0.25, 0.3) is 5.91 Å². The molecule has 0 unspecified atom stereocenters. The highest BCUT2D eigenvalue weighted by Gasteiger charge is 2.29.